The third kappa shape index (κ3) is 2.82. The van der Waals surface area contributed by atoms with Crippen LogP contribution in [0.3, 0.4) is 0 Å². The van der Waals surface area contributed by atoms with Gasteiger partial charge in [-0.15, -0.1) is 0 Å². The Kier molecular flexibility index (Phi) is 2.68. The van der Waals surface area contributed by atoms with E-state index in [2.05, 4.69) is 5.32 Å². The normalized spacial score (nSPS) is 16.9. The minimum absolute atomic E-state index is 0.160. The molecule has 0 aliphatic heterocycles. The van der Waals surface area contributed by atoms with Crippen molar-refractivity contribution in [1.29, 1.82) is 0 Å². The van der Waals surface area contributed by atoms with Gasteiger partial charge in [0, 0.05) is 19.5 Å². The Bertz CT molecular complexity index is 121. The first-order valence-corrected chi connectivity index (χ1v) is 3.79. The summed E-state index contributed by atoms with van der Waals surface area (Å²) < 4.78 is 0. The molecule has 1 saturated carbocycles. The van der Waals surface area contributed by atoms with Gasteiger partial charge in [0.15, 0.2) is 0 Å². The first-order valence-electron chi connectivity index (χ1n) is 3.79. The van der Waals surface area contributed by atoms with Crippen LogP contribution in [0.15, 0.2) is 0 Å². The molecule has 3 nitrogen and oxygen atoms in total. The molecule has 1 fully saturated rings. The molecule has 1 aliphatic carbocycles. The van der Waals surface area contributed by atoms with Crippen LogP contribution in [0, 0.1) is 5.92 Å². The molecule has 0 bridgehead atoms. The van der Waals surface area contributed by atoms with Crippen LogP contribution in [-0.2, 0) is 4.79 Å². The van der Waals surface area contributed by atoms with Gasteiger partial charge >= 0.3 is 0 Å². The molecule has 3 heteroatoms. The van der Waals surface area contributed by atoms with Gasteiger partial charge in [0.25, 0.3) is 0 Å². The number of amides is 1. The number of hydrogen-bond donors (Lipinski definition) is 2. The third-order valence-corrected chi connectivity index (χ3v) is 1.64. The van der Waals surface area contributed by atoms with Crippen molar-refractivity contribution in [3.8, 4) is 0 Å². The summed E-state index contributed by atoms with van der Waals surface area (Å²) in [5.74, 6) is 0.839. The van der Waals surface area contributed by atoms with Gasteiger partial charge in [-0.25, -0.2) is 0 Å². The van der Waals surface area contributed by atoms with Gasteiger partial charge in [-0.05, 0) is 18.8 Å². The second-order valence-electron chi connectivity index (χ2n) is 2.79. The monoisotopic (exact) mass is 142 g/mol. The predicted molar refractivity (Wildman–Crippen MR) is 39.4 cm³/mol. The Morgan fingerprint density at radius 2 is 2.30 bits per heavy atom. The van der Waals surface area contributed by atoms with Crippen molar-refractivity contribution in [2.45, 2.75) is 19.3 Å². The van der Waals surface area contributed by atoms with Gasteiger partial charge in [-0.3, -0.25) is 4.79 Å². The Hall–Kier alpha value is -0.570. The maximum Gasteiger partial charge on any atom is 0.220 e. The first kappa shape index (κ1) is 7.54. The molecule has 1 aliphatic rings. The minimum atomic E-state index is 0.160. The summed E-state index contributed by atoms with van der Waals surface area (Å²) in [5.41, 5.74) is 5.21. The average molecular weight is 142 g/mol. The molecule has 0 unspecified atom stereocenters. The average Bonchev–Trinajstić information content (AvgIpc) is 2.67. The van der Waals surface area contributed by atoms with Crippen molar-refractivity contribution in [1.82, 2.24) is 5.32 Å². The van der Waals surface area contributed by atoms with E-state index in [1.807, 2.05) is 0 Å². The summed E-state index contributed by atoms with van der Waals surface area (Å²) in [4.78, 5) is 10.9. The quantitative estimate of drug-likeness (QED) is 0.574. The number of hydrogen-bond acceptors (Lipinski definition) is 2. The molecule has 0 atom stereocenters. The molecule has 0 spiro atoms. The molecule has 58 valence electrons. The van der Waals surface area contributed by atoms with Gasteiger partial charge < -0.3 is 11.1 Å². The number of rotatable bonds is 4. The van der Waals surface area contributed by atoms with Crippen LogP contribution >= 0.6 is 0 Å². The van der Waals surface area contributed by atoms with Crippen LogP contribution in [0.1, 0.15) is 19.3 Å². The summed E-state index contributed by atoms with van der Waals surface area (Å²) in [6.07, 6.45) is 3.17. The van der Waals surface area contributed by atoms with Crippen molar-refractivity contribution in [2.24, 2.45) is 11.7 Å². The minimum Gasteiger partial charge on any atom is -0.355 e. The number of carbonyl (C=O) groups excluding carboxylic acids is 1. The Balaban J connectivity index is 1.97. The van der Waals surface area contributed by atoms with Crippen LogP contribution in [0.2, 0.25) is 0 Å². The van der Waals surface area contributed by atoms with E-state index in [-0.39, 0.29) is 5.91 Å². The van der Waals surface area contributed by atoms with Crippen LogP contribution in [0.25, 0.3) is 0 Å². The Labute approximate surface area is 61.0 Å². The second kappa shape index (κ2) is 3.56. The molecule has 0 aromatic carbocycles. The molecular formula is C7H14N2O. The molecule has 10 heavy (non-hydrogen) atoms. The van der Waals surface area contributed by atoms with Crippen LogP contribution in [-0.4, -0.2) is 19.0 Å². The highest BCUT2D eigenvalue weighted by Crippen LogP contribution is 2.31. The van der Waals surface area contributed by atoms with Gasteiger partial charge in [0.05, 0.1) is 0 Å². The van der Waals surface area contributed by atoms with Crippen molar-refractivity contribution < 1.29 is 4.79 Å². The highest BCUT2D eigenvalue weighted by atomic mass is 16.1. The number of carbonyl (C=O) groups is 1. The third-order valence-electron chi connectivity index (χ3n) is 1.64. The van der Waals surface area contributed by atoms with Crippen molar-refractivity contribution in [3.05, 3.63) is 0 Å². The van der Waals surface area contributed by atoms with Crippen LogP contribution in [0.5, 0.6) is 0 Å². The maximum atomic E-state index is 10.9. The lowest BCUT2D eigenvalue weighted by Crippen LogP contribution is -2.29. The van der Waals surface area contributed by atoms with Gasteiger partial charge in [0.2, 0.25) is 5.91 Å². The lowest BCUT2D eigenvalue weighted by Gasteiger charge is -2.00. The molecule has 0 aromatic heterocycles. The fourth-order valence-corrected chi connectivity index (χ4v) is 0.868. The van der Waals surface area contributed by atoms with E-state index >= 15 is 0 Å². The van der Waals surface area contributed by atoms with Gasteiger partial charge in [0.1, 0.15) is 0 Å². The van der Waals surface area contributed by atoms with E-state index in [0.717, 1.165) is 0 Å². The summed E-state index contributed by atoms with van der Waals surface area (Å²) >= 11 is 0. The van der Waals surface area contributed by atoms with Crippen LogP contribution < -0.4 is 11.1 Å². The summed E-state index contributed by atoms with van der Waals surface area (Å²) in [6.45, 7) is 1.15. The summed E-state index contributed by atoms with van der Waals surface area (Å²) in [7, 11) is 0. The SMILES string of the molecule is NCCNC(=O)CC1CC1. The van der Waals surface area contributed by atoms with Crippen molar-refractivity contribution >= 4 is 5.91 Å². The molecule has 0 radical (unpaired) electrons. The standard InChI is InChI=1S/C7H14N2O/c8-3-4-9-7(10)5-6-1-2-6/h6H,1-5,8H2,(H,9,10). The van der Waals surface area contributed by atoms with Crippen LogP contribution in [0.4, 0.5) is 0 Å². The fraction of sp³-hybridized carbons (Fsp3) is 0.857. The van der Waals surface area contributed by atoms with E-state index in [1.54, 1.807) is 0 Å². The van der Waals surface area contributed by atoms with E-state index in [0.29, 0.717) is 25.4 Å². The lowest BCUT2D eigenvalue weighted by atomic mass is 10.3. The molecule has 0 saturated heterocycles. The maximum absolute atomic E-state index is 10.9. The summed E-state index contributed by atoms with van der Waals surface area (Å²) in [5, 5.41) is 2.74. The zero-order valence-electron chi connectivity index (χ0n) is 6.10. The molecule has 1 amide bonds. The largest absolute Gasteiger partial charge is 0.355 e. The van der Waals surface area contributed by atoms with E-state index in [9.17, 15) is 4.79 Å². The molecule has 1 rings (SSSR count). The van der Waals surface area contributed by atoms with E-state index in [4.69, 9.17) is 5.73 Å². The topological polar surface area (TPSA) is 55.1 Å². The summed E-state index contributed by atoms with van der Waals surface area (Å²) in [6, 6.07) is 0. The van der Waals surface area contributed by atoms with Gasteiger partial charge in [-0.1, -0.05) is 0 Å². The van der Waals surface area contributed by atoms with E-state index < -0.39 is 0 Å². The molecule has 0 heterocycles. The van der Waals surface area contributed by atoms with Crippen molar-refractivity contribution in [3.63, 3.8) is 0 Å². The fourth-order valence-electron chi connectivity index (χ4n) is 0.868. The molecular weight excluding hydrogens is 128 g/mol. The van der Waals surface area contributed by atoms with Crippen molar-refractivity contribution in [2.75, 3.05) is 13.1 Å². The second-order valence-corrected chi connectivity index (χ2v) is 2.79. The highest BCUT2D eigenvalue weighted by Gasteiger charge is 2.23. The van der Waals surface area contributed by atoms with Gasteiger partial charge in [-0.2, -0.15) is 0 Å². The predicted octanol–water partition coefficient (Wildman–Crippen LogP) is -0.139. The lowest BCUT2D eigenvalue weighted by molar-refractivity contribution is -0.121. The number of nitrogens with two attached hydrogens (primary N) is 1. The molecule has 3 N–H and O–H groups in total. The van der Waals surface area contributed by atoms with E-state index in [1.165, 1.54) is 12.8 Å². The Morgan fingerprint density at radius 3 is 2.80 bits per heavy atom. The highest BCUT2D eigenvalue weighted by molar-refractivity contribution is 5.76. The smallest absolute Gasteiger partial charge is 0.220 e. The zero-order valence-corrected chi connectivity index (χ0v) is 6.10. The zero-order chi connectivity index (χ0) is 7.40. The number of nitrogens with one attached hydrogen (secondary N) is 1. The Morgan fingerprint density at radius 1 is 1.60 bits per heavy atom. The molecule has 0 aromatic rings. The first-order chi connectivity index (χ1) is 4.83.